The summed E-state index contributed by atoms with van der Waals surface area (Å²) < 4.78 is 1.26. The topological polar surface area (TPSA) is 17.1 Å². The van der Waals surface area contributed by atoms with Crippen LogP contribution in [0.4, 0.5) is 0 Å². The quantitative estimate of drug-likeness (QED) is 0.612. The molecule has 1 aliphatic carbocycles. The maximum Gasteiger partial charge on any atom is 0.173 e. The molecule has 0 spiro atoms. The first-order chi connectivity index (χ1) is 7.36. The number of aryl methyl sites for hydroxylation is 1. The predicted octanol–water partition coefficient (Wildman–Crippen LogP) is 3.81. The van der Waals surface area contributed by atoms with E-state index in [2.05, 4.69) is 18.2 Å². The molecule has 2 heteroatoms. The molecule has 0 radical (unpaired) electrons. The van der Waals surface area contributed by atoms with Gasteiger partial charge in [-0.05, 0) is 36.3 Å². The summed E-state index contributed by atoms with van der Waals surface area (Å²) in [6.07, 6.45) is 4.01. The first kappa shape index (κ1) is 9.10. The van der Waals surface area contributed by atoms with Crippen LogP contribution in [0.2, 0.25) is 0 Å². The molecule has 0 N–H and O–H groups in total. The van der Waals surface area contributed by atoms with Gasteiger partial charge in [0.1, 0.15) is 0 Å². The molecule has 2 aromatic rings. The van der Waals surface area contributed by atoms with Gasteiger partial charge in [0.15, 0.2) is 5.78 Å². The molecular weight excluding hydrogens is 204 g/mol. The zero-order valence-electron chi connectivity index (χ0n) is 8.45. The van der Waals surface area contributed by atoms with Gasteiger partial charge < -0.3 is 0 Å². The molecule has 15 heavy (non-hydrogen) atoms. The van der Waals surface area contributed by atoms with Gasteiger partial charge in [-0.1, -0.05) is 18.2 Å². The Balaban J connectivity index is 2.30. The SMILES string of the molecule is O=C1CCCCc2c1sc1ccccc21. The maximum atomic E-state index is 11.9. The van der Waals surface area contributed by atoms with Gasteiger partial charge >= 0.3 is 0 Å². The molecule has 1 aliphatic rings. The monoisotopic (exact) mass is 216 g/mol. The maximum absolute atomic E-state index is 11.9. The van der Waals surface area contributed by atoms with Gasteiger partial charge in [-0.15, -0.1) is 11.3 Å². The highest BCUT2D eigenvalue weighted by Gasteiger charge is 2.20. The second-order valence-corrected chi connectivity index (χ2v) is 5.09. The van der Waals surface area contributed by atoms with Gasteiger partial charge in [-0.2, -0.15) is 0 Å². The van der Waals surface area contributed by atoms with E-state index in [4.69, 9.17) is 0 Å². The number of hydrogen-bond donors (Lipinski definition) is 0. The molecule has 0 unspecified atom stereocenters. The molecule has 0 saturated carbocycles. The smallest absolute Gasteiger partial charge is 0.173 e. The Bertz CT molecular complexity index is 524. The molecule has 1 nitrogen and oxygen atoms in total. The normalized spacial score (nSPS) is 16.4. The van der Waals surface area contributed by atoms with Gasteiger partial charge in [0.25, 0.3) is 0 Å². The number of carbonyl (C=O) groups is 1. The van der Waals surface area contributed by atoms with Crippen LogP contribution in [0.5, 0.6) is 0 Å². The Hall–Kier alpha value is -1.15. The second kappa shape index (κ2) is 3.46. The summed E-state index contributed by atoms with van der Waals surface area (Å²) in [6, 6.07) is 8.36. The lowest BCUT2D eigenvalue weighted by molar-refractivity contribution is 0.0986. The number of benzene rings is 1. The van der Waals surface area contributed by atoms with E-state index in [9.17, 15) is 4.79 Å². The van der Waals surface area contributed by atoms with Crippen molar-refractivity contribution >= 4 is 27.2 Å². The molecule has 0 amide bonds. The van der Waals surface area contributed by atoms with E-state index in [1.165, 1.54) is 15.6 Å². The average Bonchev–Trinajstić information content (AvgIpc) is 2.54. The largest absolute Gasteiger partial charge is 0.293 e. The molecule has 76 valence electrons. The van der Waals surface area contributed by atoms with Gasteiger partial charge in [0.2, 0.25) is 0 Å². The lowest BCUT2D eigenvalue weighted by atomic mass is 10.1. The first-order valence-electron chi connectivity index (χ1n) is 5.40. The third-order valence-corrected chi connectivity index (χ3v) is 4.29. The van der Waals surface area contributed by atoms with Crippen molar-refractivity contribution in [1.82, 2.24) is 0 Å². The fourth-order valence-corrected chi connectivity index (χ4v) is 3.49. The Morgan fingerprint density at radius 3 is 2.80 bits per heavy atom. The number of ketones is 1. The summed E-state index contributed by atoms with van der Waals surface area (Å²) in [5.74, 6) is 0.351. The van der Waals surface area contributed by atoms with E-state index in [-0.39, 0.29) is 0 Å². The van der Waals surface area contributed by atoms with Crippen molar-refractivity contribution in [2.45, 2.75) is 25.7 Å². The van der Waals surface area contributed by atoms with Crippen LogP contribution in [-0.2, 0) is 6.42 Å². The van der Waals surface area contributed by atoms with Crippen LogP contribution >= 0.6 is 11.3 Å². The first-order valence-corrected chi connectivity index (χ1v) is 6.21. The predicted molar refractivity (Wildman–Crippen MR) is 63.7 cm³/mol. The third kappa shape index (κ3) is 1.40. The summed E-state index contributed by atoms with van der Waals surface area (Å²) in [7, 11) is 0. The molecule has 1 aromatic carbocycles. The van der Waals surface area contributed by atoms with Crippen molar-refractivity contribution in [2.24, 2.45) is 0 Å². The summed E-state index contributed by atoms with van der Waals surface area (Å²) in [5, 5.41) is 1.30. The Kier molecular flexibility index (Phi) is 2.10. The Labute approximate surface area is 92.7 Å². The number of hydrogen-bond acceptors (Lipinski definition) is 2. The van der Waals surface area contributed by atoms with Crippen LogP contribution in [0.1, 0.15) is 34.5 Å². The highest BCUT2D eigenvalue weighted by Crippen LogP contribution is 2.35. The summed E-state index contributed by atoms with van der Waals surface area (Å²) in [4.78, 5) is 12.9. The number of Topliss-reactive ketones (excluding diaryl/α,β-unsaturated/α-hetero) is 1. The second-order valence-electron chi connectivity index (χ2n) is 4.04. The van der Waals surface area contributed by atoms with E-state index < -0.39 is 0 Å². The van der Waals surface area contributed by atoms with E-state index >= 15 is 0 Å². The summed E-state index contributed by atoms with van der Waals surface area (Å²) in [5.41, 5.74) is 1.30. The van der Waals surface area contributed by atoms with Gasteiger partial charge in [-0.3, -0.25) is 4.79 Å². The lowest BCUT2D eigenvalue weighted by Crippen LogP contribution is -1.94. The van der Waals surface area contributed by atoms with Gasteiger partial charge in [0.05, 0.1) is 4.88 Å². The molecule has 0 saturated heterocycles. The van der Waals surface area contributed by atoms with Crippen LogP contribution in [0, 0.1) is 0 Å². The number of rotatable bonds is 0. The lowest BCUT2D eigenvalue weighted by Gasteiger charge is -1.96. The molecule has 3 rings (SSSR count). The highest BCUT2D eigenvalue weighted by molar-refractivity contribution is 7.21. The van der Waals surface area contributed by atoms with Crippen LogP contribution in [-0.4, -0.2) is 5.78 Å². The number of thiophene rings is 1. The Morgan fingerprint density at radius 2 is 1.87 bits per heavy atom. The number of carbonyl (C=O) groups excluding carboxylic acids is 1. The van der Waals surface area contributed by atoms with E-state index in [1.54, 1.807) is 11.3 Å². The molecular formula is C13H12OS. The molecule has 0 atom stereocenters. The number of fused-ring (bicyclic) bond motifs is 3. The molecule has 1 heterocycles. The minimum atomic E-state index is 0.351. The third-order valence-electron chi connectivity index (χ3n) is 3.03. The van der Waals surface area contributed by atoms with Crippen molar-refractivity contribution in [3.8, 4) is 0 Å². The fraction of sp³-hybridized carbons (Fsp3) is 0.308. The van der Waals surface area contributed by atoms with Crippen molar-refractivity contribution in [2.75, 3.05) is 0 Å². The highest BCUT2D eigenvalue weighted by atomic mass is 32.1. The van der Waals surface area contributed by atoms with E-state index in [1.807, 2.05) is 6.07 Å². The van der Waals surface area contributed by atoms with Crippen molar-refractivity contribution in [1.29, 1.82) is 0 Å². The summed E-state index contributed by atoms with van der Waals surface area (Å²) >= 11 is 1.67. The van der Waals surface area contributed by atoms with Crippen molar-refractivity contribution in [3.63, 3.8) is 0 Å². The van der Waals surface area contributed by atoms with Crippen LogP contribution in [0.25, 0.3) is 10.1 Å². The van der Waals surface area contributed by atoms with Crippen molar-refractivity contribution < 1.29 is 4.79 Å². The molecule has 0 fully saturated rings. The Morgan fingerprint density at radius 1 is 1.07 bits per heavy atom. The van der Waals surface area contributed by atoms with Crippen LogP contribution in [0.15, 0.2) is 24.3 Å². The summed E-state index contributed by atoms with van der Waals surface area (Å²) in [6.45, 7) is 0. The zero-order chi connectivity index (χ0) is 10.3. The standard InChI is InChI=1S/C13H12OS/c14-11-7-3-1-6-10-9-5-2-4-8-12(9)15-13(10)11/h2,4-5,8H,1,3,6-7H2. The molecule has 0 bridgehead atoms. The molecule has 0 aliphatic heterocycles. The van der Waals surface area contributed by atoms with E-state index in [0.29, 0.717) is 5.78 Å². The minimum absolute atomic E-state index is 0.351. The fourth-order valence-electron chi connectivity index (χ4n) is 2.27. The van der Waals surface area contributed by atoms with Crippen LogP contribution < -0.4 is 0 Å². The zero-order valence-corrected chi connectivity index (χ0v) is 9.27. The van der Waals surface area contributed by atoms with Crippen LogP contribution in [0.3, 0.4) is 0 Å². The minimum Gasteiger partial charge on any atom is -0.293 e. The van der Waals surface area contributed by atoms with Crippen molar-refractivity contribution in [3.05, 3.63) is 34.7 Å². The van der Waals surface area contributed by atoms with E-state index in [0.717, 1.165) is 30.6 Å². The molecule has 1 aromatic heterocycles. The van der Waals surface area contributed by atoms with Gasteiger partial charge in [0, 0.05) is 11.1 Å². The average molecular weight is 216 g/mol. The van der Waals surface area contributed by atoms with Gasteiger partial charge in [-0.25, -0.2) is 0 Å².